The minimum Gasteiger partial charge on any atom is -0.350 e. The summed E-state index contributed by atoms with van der Waals surface area (Å²) in [4.78, 5) is 14.4. The van der Waals surface area contributed by atoms with Crippen molar-refractivity contribution in [3.8, 4) is 0 Å². The van der Waals surface area contributed by atoms with Crippen molar-refractivity contribution >= 4 is 5.91 Å². The van der Waals surface area contributed by atoms with E-state index in [0.717, 1.165) is 24.1 Å². The van der Waals surface area contributed by atoms with Gasteiger partial charge in [0.15, 0.2) is 6.54 Å². The molecule has 0 bridgehead atoms. The molecule has 1 amide bonds. The van der Waals surface area contributed by atoms with Gasteiger partial charge in [0.1, 0.15) is 6.04 Å². The second-order valence-corrected chi connectivity index (χ2v) is 7.65. The third kappa shape index (κ3) is 4.02. The van der Waals surface area contributed by atoms with Crippen LogP contribution in [0.15, 0.2) is 79.0 Å². The Balaban J connectivity index is 1.50. The highest BCUT2D eigenvalue weighted by molar-refractivity contribution is 5.78. The topological polar surface area (TPSA) is 38.5 Å². The average molecular weight is 375 g/mol. The van der Waals surface area contributed by atoms with Gasteiger partial charge in [0, 0.05) is 26.1 Å². The number of benzene rings is 2. The van der Waals surface area contributed by atoms with Crippen molar-refractivity contribution in [3.05, 3.63) is 95.8 Å². The molecule has 4 nitrogen and oxygen atoms in total. The van der Waals surface area contributed by atoms with Gasteiger partial charge in [0.25, 0.3) is 5.91 Å². The Morgan fingerprint density at radius 3 is 2.25 bits per heavy atom. The number of carbonyl (C=O) groups excluding carboxylic acids is 1. The summed E-state index contributed by atoms with van der Waals surface area (Å²) in [5.41, 5.74) is 3.54. The van der Waals surface area contributed by atoms with Crippen molar-refractivity contribution in [2.75, 3.05) is 13.1 Å². The maximum atomic E-state index is 13.0. The summed E-state index contributed by atoms with van der Waals surface area (Å²) in [7, 11) is 2.09. The molecule has 2 atom stereocenters. The Morgan fingerprint density at radius 1 is 1.04 bits per heavy atom. The lowest BCUT2D eigenvalue weighted by Gasteiger charge is -2.24. The van der Waals surface area contributed by atoms with E-state index in [4.69, 9.17) is 0 Å². The Labute approximate surface area is 166 Å². The van der Waals surface area contributed by atoms with Crippen LogP contribution in [0.3, 0.4) is 0 Å². The van der Waals surface area contributed by atoms with Gasteiger partial charge in [-0.1, -0.05) is 60.7 Å². The van der Waals surface area contributed by atoms with Gasteiger partial charge in [-0.2, -0.15) is 0 Å². The van der Waals surface area contributed by atoms with Gasteiger partial charge >= 0.3 is 0 Å². The number of nitrogens with zero attached hydrogens (tertiary/aromatic N) is 1. The molecule has 4 heteroatoms. The van der Waals surface area contributed by atoms with Gasteiger partial charge in [-0.3, -0.25) is 4.79 Å². The molecule has 0 spiro atoms. The highest BCUT2D eigenvalue weighted by Crippen LogP contribution is 2.22. The lowest BCUT2D eigenvalue weighted by atomic mass is 9.98. The van der Waals surface area contributed by atoms with E-state index >= 15 is 0 Å². The molecule has 1 aromatic heterocycles. The smallest absolute Gasteiger partial charge is 0.275 e. The van der Waals surface area contributed by atoms with Crippen molar-refractivity contribution in [1.29, 1.82) is 0 Å². The molecular formula is C24H28N3O+. The van der Waals surface area contributed by atoms with Gasteiger partial charge in [0.05, 0.1) is 18.3 Å². The molecular weight excluding hydrogens is 346 g/mol. The largest absolute Gasteiger partial charge is 0.350 e. The fourth-order valence-corrected chi connectivity index (χ4v) is 4.38. The number of rotatable bonds is 6. The molecule has 1 aliphatic rings. The summed E-state index contributed by atoms with van der Waals surface area (Å²) < 4.78 is 2.19. The Bertz CT molecular complexity index is 864. The van der Waals surface area contributed by atoms with Crippen molar-refractivity contribution in [2.45, 2.75) is 24.9 Å². The number of amides is 1. The van der Waals surface area contributed by atoms with Crippen LogP contribution in [0, 0.1) is 0 Å². The van der Waals surface area contributed by atoms with Crippen LogP contribution in [0.2, 0.25) is 0 Å². The Kier molecular flexibility index (Phi) is 5.58. The number of quaternary nitrogens is 1. The van der Waals surface area contributed by atoms with E-state index < -0.39 is 0 Å². The molecule has 1 aliphatic heterocycles. The van der Waals surface area contributed by atoms with Crippen LogP contribution in [0.1, 0.15) is 41.7 Å². The van der Waals surface area contributed by atoms with Gasteiger partial charge in [0.2, 0.25) is 0 Å². The third-order valence-electron chi connectivity index (χ3n) is 5.78. The molecule has 4 rings (SSSR count). The number of aryl methyl sites for hydroxylation is 1. The Morgan fingerprint density at radius 2 is 1.68 bits per heavy atom. The SMILES string of the molecule is Cn1cccc1[C@H]1CCC[NH+]1CC(=O)NC(c1ccccc1)c1ccccc1. The molecule has 1 unspecified atom stereocenters. The van der Waals surface area contributed by atoms with E-state index in [0.29, 0.717) is 12.6 Å². The second kappa shape index (κ2) is 8.44. The summed E-state index contributed by atoms with van der Waals surface area (Å²) in [5, 5.41) is 3.29. The molecule has 1 saturated heterocycles. The van der Waals surface area contributed by atoms with E-state index in [9.17, 15) is 4.79 Å². The maximum absolute atomic E-state index is 13.0. The number of nitrogens with one attached hydrogen (secondary N) is 2. The molecule has 3 aromatic rings. The number of likely N-dealkylation sites (tertiary alicyclic amines) is 1. The highest BCUT2D eigenvalue weighted by atomic mass is 16.2. The van der Waals surface area contributed by atoms with Gasteiger partial charge < -0.3 is 14.8 Å². The van der Waals surface area contributed by atoms with E-state index in [1.165, 1.54) is 17.0 Å². The molecule has 2 aromatic carbocycles. The maximum Gasteiger partial charge on any atom is 0.275 e. The number of aromatic nitrogens is 1. The monoisotopic (exact) mass is 374 g/mol. The molecule has 2 heterocycles. The molecule has 2 N–H and O–H groups in total. The predicted molar refractivity (Wildman–Crippen MR) is 111 cm³/mol. The molecule has 0 saturated carbocycles. The first-order valence-corrected chi connectivity index (χ1v) is 10.1. The molecule has 144 valence electrons. The highest BCUT2D eigenvalue weighted by Gasteiger charge is 2.33. The Hall–Kier alpha value is -2.85. The summed E-state index contributed by atoms with van der Waals surface area (Å²) in [6.45, 7) is 1.55. The summed E-state index contributed by atoms with van der Waals surface area (Å²) >= 11 is 0. The summed E-state index contributed by atoms with van der Waals surface area (Å²) in [5.74, 6) is 0.105. The van der Waals surface area contributed by atoms with Crippen molar-refractivity contribution in [2.24, 2.45) is 7.05 Å². The molecule has 0 radical (unpaired) electrons. The predicted octanol–water partition coefficient (Wildman–Crippen LogP) is 2.65. The fraction of sp³-hybridized carbons (Fsp3) is 0.292. The summed E-state index contributed by atoms with van der Waals surface area (Å²) in [6.07, 6.45) is 4.40. The van der Waals surface area contributed by atoms with Crippen LogP contribution in [0.4, 0.5) is 0 Å². The first-order chi connectivity index (χ1) is 13.7. The van der Waals surface area contributed by atoms with Gasteiger partial charge in [-0.25, -0.2) is 0 Å². The van der Waals surface area contributed by atoms with Crippen LogP contribution in [0.5, 0.6) is 0 Å². The number of carbonyl (C=O) groups is 1. The van der Waals surface area contributed by atoms with E-state index in [-0.39, 0.29) is 11.9 Å². The van der Waals surface area contributed by atoms with E-state index in [1.807, 2.05) is 36.4 Å². The zero-order chi connectivity index (χ0) is 19.3. The van der Waals surface area contributed by atoms with Crippen LogP contribution in [0.25, 0.3) is 0 Å². The van der Waals surface area contributed by atoms with Crippen LogP contribution >= 0.6 is 0 Å². The lowest BCUT2D eigenvalue weighted by molar-refractivity contribution is -0.911. The van der Waals surface area contributed by atoms with Crippen molar-refractivity contribution in [3.63, 3.8) is 0 Å². The lowest BCUT2D eigenvalue weighted by Crippen LogP contribution is -3.11. The van der Waals surface area contributed by atoms with Crippen LogP contribution in [-0.2, 0) is 11.8 Å². The van der Waals surface area contributed by atoms with Crippen molar-refractivity contribution < 1.29 is 9.69 Å². The minimum absolute atomic E-state index is 0.105. The fourth-order valence-electron chi connectivity index (χ4n) is 4.38. The molecule has 1 fully saturated rings. The van der Waals surface area contributed by atoms with E-state index in [1.54, 1.807) is 0 Å². The minimum atomic E-state index is -0.120. The van der Waals surface area contributed by atoms with Gasteiger partial charge in [-0.05, 0) is 23.3 Å². The van der Waals surface area contributed by atoms with Crippen LogP contribution < -0.4 is 10.2 Å². The quantitative estimate of drug-likeness (QED) is 0.684. The third-order valence-corrected chi connectivity index (χ3v) is 5.78. The van der Waals surface area contributed by atoms with Gasteiger partial charge in [-0.15, -0.1) is 0 Å². The van der Waals surface area contributed by atoms with Crippen molar-refractivity contribution in [1.82, 2.24) is 9.88 Å². The molecule has 0 aliphatic carbocycles. The number of hydrogen-bond donors (Lipinski definition) is 2. The zero-order valence-corrected chi connectivity index (χ0v) is 16.3. The molecule has 28 heavy (non-hydrogen) atoms. The normalized spacial score (nSPS) is 19.1. The first kappa shape index (κ1) is 18.5. The average Bonchev–Trinajstić information content (AvgIpc) is 3.35. The zero-order valence-electron chi connectivity index (χ0n) is 16.3. The number of hydrogen-bond acceptors (Lipinski definition) is 1. The first-order valence-electron chi connectivity index (χ1n) is 10.1. The standard InChI is InChI=1S/C24H27N3O/c1-26-16-8-14-21(26)22-15-9-17-27(22)18-23(28)25-24(19-10-4-2-5-11-19)20-12-6-3-7-13-20/h2-8,10-14,16,22,24H,9,15,17-18H2,1H3,(H,25,28)/p+1/t22-/m1/s1. The van der Waals surface area contributed by atoms with E-state index in [2.05, 4.69) is 59.5 Å². The summed E-state index contributed by atoms with van der Waals surface area (Å²) in [6, 6.07) is 25.0. The second-order valence-electron chi connectivity index (χ2n) is 7.65. The van der Waals surface area contributed by atoms with Crippen LogP contribution in [-0.4, -0.2) is 23.6 Å².